The zero-order valence-corrected chi connectivity index (χ0v) is 21.4. The average Bonchev–Trinajstić information content (AvgIpc) is 2.93. The highest BCUT2D eigenvalue weighted by Gasteiger charge is 2.15. The predicted molar refractivity (Wildman–Crippen MR) is 150 cm³/mol. The Morgan fingerprint density at radius 3 is 2.59 bits per heavy atom. The van der Waals surface area contributed by atoms with Crippen molar-refractivity contribution in [2.75, 3.05) is 50.4 Å². The Hall–Kier alpha value is -3.88. The van der Waals surface area contributed by atoms with Crippen LogP contribution >= 0.6 is 0 Å². The highest BCUT2D eigenvalue weighted by molar-refractivity contribution is 6.11. The lowest BCUT2D eigenvalue weighted by Gasteiger charge is -2.32. The van der Waals surface area contributed by atoms with E-state index in [1.807, 2.05) is 55.6 Å². The van der Waals surface area contributed by atoms with Crippen molar-refractivity contribution < 1.29 is 4.79 Å². The summed E-state index contributed by atoms with van der Waals surface area (Å²) in [5.41, 5.74) is 6.44. The Kier molecular flexibility index (Phi) is 7.67. The van der Waals surface area contributed by atoms with Crippen LogP contribution in [-0.2, 0) is 6.54 Å². The van der Waals surface area contributed by atoms with Crippen molar-refractivity contribution in [2.24, 2.45) is 9.98 Å². The summed E-state index contributed by atoms with van der Waals surface area (Å²) >= 11 is 0. The number of pyridine rings is 1. The topological polar surface area (TPSA) is 85.2 Å². The molecule has 1 aromatic heterocycles. The predicted octanol–water partition coefficient (Wildman–Crippen LogP) is 4.05. The lowest BCUT2D eigenvalue weighted by molar-refractivity contribution is 0.102. The molecular formula is C29H33N7O. The number of hydrogen-bond acceptors (Lipinski definition) is 7. The molecule has 0 unspecified atom stereocenters. The summed E-state index contributed by atoms with van der Waals surface area (Å²) < 4.78 is 0. The molecule has 2 N–H and O–H groups in total. The first-order valence-electron chi connectivity index (χ1n) is 12.7. The molecule has 37 heavy (non-hydrogen) atoms. The van der Waals surface area contributed by atoms with Crippen molar-refractivity contribution in [3.63, 3.8) is 0 Å². The number of hydrogen-bond donors (Lipinski definition) is 2. The Balaban J connectivity index is 1.22. The van der Waals surface area contributed by atoms with Gasteiger partial charge in [0.2, 0.25) is 5.96 Å². The number of aromatic nitrogens is 1. The Morgan fingerprint density at radius 2 is 1.84 bits per heavy atom. The van der Waals surface area contributed by atoms with Crippen molar-refractivity contribution in [1.82, 2.24) is 14.8 Å². The van der Waals surface area contributed by atoms with E-state index in [2.05, 4.69) is 49.6 Å². The number of carbonyl (C=O) groups excluding carboxylic acids is 1. The number of guanidine groups is 1. The van der Waals surface area contributed by atoms with Gasteiger partial charge < -0.3 is 15.5 Å². The van der Waals surface area contributed by atoms with Gasteiger partial charge in [0.25, 0.3) is 5.91 Å². The average molecular weight is 496 g/mol. The Bertz CT molecular complexity index is 1290. The van der Waals surface area contributed by atoms with E-state index < -0.39 is 0 Å². The standard InChI is InChI=1S/C29H33N7O/c1-21-5-10-25(18-27(21)34-29-31-13-11-26(33-29)24-4-3-12-30-19-24)32-28(37)23-8-6-22(7-9-23)20-36-16-14-35(2)15-17-36/h3-10,12,18-19H,11,13-17,20H2,1-2H3,(H,31,34)(H,32,37). The van der Waals surface area contributed by atoms with E-state index in [-0.39, 0.29) is 5.91 Å². The smallest absolute Gasteiger partial charge is 0.255 e. The summed E-state index contributed by atoms with van der Waals surface area (Å²) in [6.07, 6.45) is 4.36. The molecule has 2 aliphatic heterocycles. The number of nitrogens with one attached hydrogen (secondary N) is 2. The second kappa shape index (κ2) is 11.5. The molecular weight excluding hydrogens is 462 g/mol. The minimum Gasteiger partial charge on any atom is -0.324 e. The molecule has 0 radical (unpaired) electrons. The van der Waals surface area contributed by atoms with E-state index in [4.69, 9.17) is 4.99 Å². The summed E-state index contributed by atoms with van der Waals surface area (Å²) in [4.78, 5) is 31.2. The number of aryl methyl sites for hydroxylation is 1. The summed E-state index contributed by atoms with van der Waals surface area (Å²) in [5, 5.41) is 6.36. The SMILES string of the molecule is Cc1ccc(NC(=O)c2ccc(CN3CCN(C)CC3)cc2)cc1NC1=NCCC(c2cccnc2)=N1. The molecule has 1 amide bonds. The van der Waals surface area contributed by atoms with Crippen LogP contribution in [0.25, 0.3) is 0 Å². The zero-order valence-electron chi connectivity index (χ0n) is 21.4. The molecule has 0 aliphatic carbocycles. The molecule has 1 fully saturated rings. The quantitative estimate of drug-likeness (QED) is 0.539. The van der Waals surface area contributed by atoms with E-state index in [0.717, 1.165) is 61.7 Å². The van der Waals surface area contributed by atoms with E-state index >= 15 is 0 Å². The minimum atomic E-state index is -0.132. The molecule has 0 atom stereocenters. The molecule has 1 saturated heterocycles. The number of benzene rings is 2. The molecule has 8 nitrogen and oxygen atoms in total. The van der Waals surface area contributed by atoms with E-state index in [9.17, 15) is 4.79 Å². The van der Waals surface area contributed by atoms with Crippen LogP contribution in [0.3, 0.4) is 0 Å². The maximum atomic E-state index is 12.9. The molecule has 0 spiro atoms. The van der Waals surface area contributed by atoms with Crippen LogP contribution in [0.4, 0.5) is 11.4 Å². The number of nitrogens with zero attached hydrogens (tertiary/aromatic N) is 5. The van der Waals surface area contributed by atoms with Crippen molar-refractivity contribution in [2.45, 2.75) is 19.9 Å². The number of rotatable bonds is 6. The number of likely N-dealkylation sites (N-methyl/N-ethyl adjacent to an activating group) is 1. The molecule has 0 bridgehead atoms. The van der Waals surface area contributed by atoms with E-state index in [1.165, 1.54) is 5.56 Å². The Morgan fingerprint density at radius 1 is 1.03 bits per heavy atom. The third-order valence-electron chi connectivity index (χ3n) is 6.81. The van der Waals surface area contributed by atoms with Gasteiger partial charge in [-0.15, -0.1) is 0 Å². The molecule has 0 saturated carbocycles. The number of carbonyl (C=O) groups is 1. The number of piperazine rings is 1. The first kappa shape index (κ1) is 24.8. The Labute approximate surface area is 218 Å². The molecule has 3 heterocycles. The second-order valence-corrected chi connectivity index (χ2v) is 9.64. The zero-order chi connectivity index (χ0) is 25.6. The molecule has 190 valence electrons. The van der Waals surface area contributed by atoms with Gasteiger partial charge in [-0.2, -0.15) is 0 Å². The van der Waals surface area contributed by atoms with Crippen LogP contribution in [0, 0.1) is 6.92 Å². The van der Waals surface area contributed by atoms with E-state index in [1.54, 1.807) is 6.20 Å². The number of amides is 1. The summed E-state index contributed by atoms with van der Waals surface area (Å²) in [6.45, 7) is 7.94. The van der Waals surface area contributed by atoms with Crippen LogP contribution in [0.5, 0.6) is 0 Å². The fraction of sp³-hybridized carbons (Fsp3) is 0.310. The maximum Gasteiger partial charge on any atom is 0.255 e. The minimum absolute atomic E-state index is 0.132. The van der Waals surface area contributed by atoms with Gasteiger partial charge in [0.05, 0.1) is 5.71 Å². The van der Waals surface area contributed by atoms with Gasteiger partial charge in [-0.3, -0.25) is 19.7 Å². The highest BCUT2D eigenvalue weighted by Crippen LogP contribution is 2.22. The van der Waals surface area contributed by atoms with Crippen LogP contribution in [0.1, 0.15) is 33.5 Å². The van der Waals surface area contributed by atoms with Gasteiger partial charge in [-0.1, -0.05) is 24.3 Å². The van der Waals surface area contributed by atoms with Crippen LogP contribution in [0.15, 0.2) is 77.0 Å². The summed E-state index contributed by atoms with van der Waals surface area (Å²) in [7, 11) is 2.16. The fourth-order valence-electron chi connectivity index (χ4n) is 4.48. The van der Waals surface area contributed by atoms with Crippen molar-refractivity contribution >= 4 is 29.0 Å². The highest BCUT2D eigenvalue weighted by atomic mass is 16.1. The number of aliphatic imine (C=N–C) groups is 2. The van der Waals surface area contributed by atoms with Gasteiger partial charge in [0.1, 0.15) is 0 Å². The molecule has 2 aromatic carbocycles. The van der Waals surface area contributed by atoms with Gasteiger partial charge in [-0.05, 0) is 55.4 Å². The van der Waals surface area contributed by atoms with Crippen LogP contribution < -0.4 is 10.6 Å². The summed E-state index contributed by atoms with van der Waals surface area (Å²) in [6, 6.07) is 17.6. The lowest BCUT2D eigenvalue weighted by Crippen LogP contribution is -2.43. The van der Waals surface area contributed by atoms with Gasteiger partial charge in [-0.25, -0.2) is 4.99 Å². The normalized spacial score (nSPS) is 16.6. The van der Waals surface area contributed by atoms with Crippen molar-refractivity contribution in [3.05, 3.63) is 89.2 Å². The van der Waals surface area contributed by atoms with Crippen LogP contribution in [-0.4, -0.2) is 72.1 Å². The number of anilines is 2. The van der Waals surface area contributed by atoms with Gasteiger partial charge in [0.15, 0.2) is 0 Å². The first-order valence-corrected chi connectivity index (χ1v) is 12.7. The van der Waals surface area contributed by atoms with Crippen molar-refractivity contribution in [3.8, 4) is 0 Å². The van der Waals surface area contributed by atoms with Gasteiger partial charge in [0, 0.05) is 80.6 Å². The third kappa shape index (κ3) is 6.47. The molecule has 5 rings (SSSR count). The third-order valence-corrected chi connectivity index (χ3v) is 6.81. The van der Waals surface area contributed by atoms with Crippen molar-refractivity contribution in [1.29, 1.82) is 0 Å². The van der Waals surface area contributed by atoms with Crippen LogP contribution in [0.2, 0.25) is 0 Å². The largest absolute Gasteiger partial charge is 0.324 e. The lowest BCUT2D eigenvalue weighted by atomic mass is 10.1. The second-order valence-electron chi connectivity index (χ2n) is 9.64. The van der Waals surface area contributed by atoms with Gasteiger partial charge >= 0.3 is 0 Å². The van der Waals surface area contributed by atoms with E-state index in [0.29, 0.717) is 23.8 Å². The fourth-order valence-corrected chi connectivity index (χ4v) is 4.48. The first-order chi connectivity index (χ1) is 18.0. The molecule has 2 aliphatic rings. The molecule has 3 aromatic rings. The monoisotopic (exact) mass is 495 g/mol. The maximum absolute atomic E-state index is 12.9. The summed E-state index contributed by atoms with van der Waals surface area (Å²) in [5.74, 6) is 0.431. The molecule has 8 heteroatoms.